The molecule has 13 heteroatoms. The van der Waals surface area contributed by atoms with Gasteiger partial charge in [-0.25, -0.2) is 9.59 Å². The van der Waals surface area contributed by atoms with Crippen LogP contribution in [0.2, 0.25) is 0 Å². The molecule has 0 unspecified atom stereocenters. The van der Waals surface area contributed by atoms with Crippen molar-refractivity contribution in [2.45, 2.75) is 43.1 Å². The van der Waals surface area contributed by atoms with Gasteiger partial charge in [0.2, 0.25) is 6.29 Å². The Balaban J connectivity index is 1.86. The number of thioether (sulfide) groups is 1. The quantitative estimate of drug-likeness (QED) is 0.214. The number of methoxy groups -OCH3 is 1. The molecule has 0 saturated carbocycles. The van der Waals surface area contributed by atoms with E-state index in [4.69, 9.17) is 23.7 Å². The number of ether oxygens (including phenoxy) is 5. The number of hydrogen-bond acceptors (Lipinski definition) is 13. The molecule has 12 nitrogen and oxygen atoms in total. The maximum absolute atomic E-state index is 12.2. The number of carbonyl (C=O) groups is 2. The van der Waals surface area contributed by atoms with Crippen molar-refractivity contribution in [3.05, 3.63) is 23.5 Å². The molecular formula is C19H26O12S. The van der Waals surface area contributed by atoms with Gasteiger partial charge in [-0.05, 0) is 23.6 Å². The molecule has 0 amide bonds. The SMILES string of the molecule is COC(=O)C1=CO[C@@H](O[C@@H]2O[C@H](CO)[C@@H](O)[C@@H](O)[C@H]2O)[C@@H]2C(COC(=O)SC)=C[C@H](O)[C@H]12. The normalized spacial score (nSPS) is 38.8. The Hall–Kier alpha value is -1.71. The molecule has 32 heavy (non-hydrogen) atoms. The molecule has 3 aliphatic rings. The molecule has 1 saturated heterocycles. The summed E-state index contributed by atoms with van der Waals surface area (Å²) in [6.07, 6.45) is -6.03. The second-order valence-electron chi connectivity index (χ2n) is 7.43. The molecule has 0 aromatic heterocycles. The van der Waals surface area contributed by atoms with Crippen LogP contribution in [0.15, 0.2) is 23.5 Å². The molecule has 0 spiro atoms. The molecule has 5 N–H and O–H groups in total. The minimum Gasteiger partial charge on any atom is -0.471 e. The number of fused-ring (bicyclic) bond motifs is 1. The van der Waals surface area contributed by atoms with E-state index < -0.39 is 72.8 Å². The summed E-state index contributed by atoms with van der Waals surface area (Å²) < 4.78 is 26.5. The van der Waals surface area contributed by atoms with Crippen LogP contribution in [-0.4, -0.2) is 106 Å². The van der Waals surface area contributed by atoms with E-state index in [1.165, 1.54) is 19.4 Å². The fourth-order valence-electron chi connectivity index (χ4n) is 3.98. The van der Waals surface area contributed by atoms with E-state index in [-0.39, 0.29) is 12.2 Å². The monoisotopic (exact) mass is 478 g/mol. The molecule has 1 aliphatic carbocycles. The van der Waals surface area contributed by atoms with Crippen molar-refractivity contribution >= 4 is 23.0 Å². The molecule has 2 aliphatic heterocycles. The highest BCUT2D eigenvalue weighted by molar-refractivity contribution is 8.12. The fourth-order valence-corrected chi connectivity index (χ4v) is 4.16. The van der Waals surface area contributed by atoms with E-state index in [2.05, 4.69) is 0 Å². The minimum atomic E-state index is -1.69. The molecule has 0 aromatic carbocycles. The van der Waals surface area contributed by atoms with Crippen molar-refractivity contribution in [1.29, 1.82) is 0 Å². The Morgan fingerprint density at radius 2 is 1.81 bits per heavy atom. The lowest BCUT2D eigenvalue weighted by Crippen LogP contribution is -2.60. The average molecular weight is 478 g/mol. The topological polar surface area (TPSA) is 181 Å². The van der Waals surface area contributed by atoms with Gasteiger partial charge in [0, 0.05) is 5.92 Å². The zero-order valence-electron chi connectivity index (χ0n) is 17.3. The average Bonchev–Trinajstić information content (AvgIpc) is 3.14. The third-order valence-corrected chi connectivity index (χ3v) is 6.06. The molecule has 0 aromatic rings. The van der Waals surface area contributed by atoms with Gasteiger partial charge in [-0.1, -0.05) is 6.08 Å². The van der Waals surface area contributed by atoms with Crippen LogP contribution in [0.3, 0.4) is 0 Å². The summed E-state index contributed by atoms with van der Waals surface area (Å²) in [6.45, 7) is -0.868. The van der Waals surface area contributed by atoms with Gasteiger partial charge in [0.15, 0.2) is 6.29 Å². The van der Waals surface area contributed by atoms with Crippen molar-refractivity contribution in [1.82, 2.24) is 0 Å². The van der Waals surface area contributed by atoms with E-state index in [1.807, 2.05) is 0 Å². The number of aliphatic hydroxyl groups excluding tert-OH is 5. The summed E-state index contributed by atoms with van der Waals surface area (Å²) >= 11 is 0.853. The number of hydrogen-bond donors (Lipinski definition) is 5. The zero-order chi connectivity index (χ0) is 23.6. The number of carbonyl (C=O) groups excluding carboxylic acids is 2. The predicted octanol–water partition coefficient (Wildman–Crippen LogP) is -1.75. The molecule has 0 radical (unpaired) electrons. The van der Waals surface area contributed by atoms with Crippen LogP contribution in [0.1, 0.15) is 0 Å². The summed E-state index contributed by atoms with van der Waals surface area (Å²) in [4.78, 5) is 23.8. The lowest BCUT2D eigenvalue weighted by atomic mass is 9.82. The molecular weight excluding hydrogens is 452 g/mol. The summed E-state index contributed by atoms with van der Waals surface area (Å²) in [5, 5.41) is 49.6. The molecule has 1 fully saturated rings. The van der Waals surface area contributed by atoms with Gasteiger partial charge in [-0.3, -0.25) is 0 Å². The smallest absolute Gasteiger partial charge is 0.367 e. The zero-order valence-corrected chi connectivity index (χ0v) is 18.1. The van der Waals surface area contributed by atoms with Crippen molar-refractivity contribution in [3.63, 3.8) is 0 Å². The van der Waals surface area contributed by atoms with Gasteiger partial charge < -0.3 is 49.2 Å². The first-order valence-corrected chi connectivity index (χ1v) is 10.9. The van der Waals surface area contributed by atoms with E-state index in [1.54, 1.807) is 0 Å². The third-order valence-electron chi connectivity index (χ3n) is 5.61. The van der Waals surface area contributed by atoms with E-state index in [0.29, 0.717) is 5.57 Å². The van der Waals surface area contributed by atoms with Crippen molar-refractivity contribution < 1.29 is 58.8 Å². The Morgan fingerprint density at radius 3 is 2.44 bits per heavy atom. The second kappa shape index (κ2) is 10.5. The molecule has 9 atom stereocenters. The highest BCUT2D eigenvalue weighted by Crippen LogP contribution is 2.45. The highest BCUT2D eigenvalue weighted by Gasteiger charge is 2.52. The summed E-state index contributed by atoms with van der Waals surface area (Å²) in [5.74, 6) is -2.44. The third kappa shape index (κ3) is 4.79. The Morgan fingerprint density at radius 1 is 1.09 bits per heavy atom. The van der Waals surface area contributed by atoms with Crippen LogP contribution < -0.4 is 0 Å². The lowest BCUT2D eigenvalue weighted by Gasteiger charge is -2.43. The van der Waals surface area contributed by atoms with Crippen molar-refractivity contribution in [2.75, 3.05) is 26.6 Å². The van der Waals surface area contributed by atoms with Gasteiger partial charge in [-0.2, -0.15) is 0 Å². The van der Waals surface area contributed by atoms with Gasteiger partial charge in [0.25, 0.3) is 0 Å². The summed E-state index contributed by atoms with van der Waals surface area (Å²) in [5.41, 5.74) is 0.426. The number of esters is 1. The Labute approximate surface area is 187 Å². The first-order chi connectivity index (χ1) is 15.2. The minimum absolute atomic E-state index is 0.0288. The molecule has 180 valence electrons. The second-order valence-corrected chi connectivity index (χ2v) is 8.17. The van der Waals surface area contributed by atoms with Crippen molar-refractivity contribution in [2.24, 2.45) is 11.8 Å². The maximum Gasteiger partial charge on any atom is 0.367 e. The van der Waals surface area contributed by atoms with Crippen molar-refractivity contribution in [3.8, 4) is 0 Å². The van der Waals surface area contributed by atoms with Crippen LogP contribution in [0.5, 0.6) is 0 Å². The molecule has 3 rings (SSSR count). The van der Waals surface area contributed by atoms with Crippen LogP contribution in [-0.2, 0) is 28.5 Å². The molecule has 2 heterocycles. The Kier molecular flexibility index (Phi) is 8.16. The highest BCUT2D eigenvalue weighted by atomic mass is 32.2. The maximum atomic E-state index is 12.2. The first kappa shape index (κ1) is 24.9. The van der Waals surface area contributed by atoms with Crippen LogP contribution in [0.4, 0.5) is 4.79 Å². The van der Waals surface area contributed by atoms with Crippen LogP contribution in [0, 0.1) is 11.8 Å². The first-order valence-electron chi connectivity index (χ1n) is 9.72. The largest absolute Gasteiger partial charge is 0.471 e. The van der Waals surface area contributed by atoms with Gasteiger partial charge in [0.05, 0.1) is 37.6 Å². The molecule has 0 bridgehead atoms. The predicted molar refractivity (Wildman–Crippen MR) is 106 cm³/mol. The number of aliphatic hydroxyl groups is 5. The summed E-state index contributed by atoms with van der Waals surface area (Å²) in [7, 11) is 1.17. The van der Waals surface area contributed by atoms with Gasteiger partial charge >= 0.3 is 11.3 Å². The van der Waals surface area contributed by atoms with Gasteiger partial charge in [-0.15, -0.1) is 0 Å². The summed E-state index contributed by atoms with van der Waals surface area (Å²) in [6, 6.07) is 0. The Bertz CT molecular complexity index is 767. The van der Waals surface area contributed by atoms with Crippen LogP contribution in [0.25, 0.3) is 0 Å². The lowest BCUT2D eigenvalue weighted by molar-refractivity contribution is -0.340. The van der Waals surface area contributed by atoms with E-state index in [0.717, 1.165) is 18.0 Å². The van der Waals surface area contributed by atoms with E-state index >= 15 is 0 Å². The van der Waals surface area contributed by atoms with Gasteiger partial charge in [0.1, 0.15) is 31.0 Å². The fraction of sp³-hybridized carbons (Fsp3) is 0.684. The van der Waals surface area contributed by atoms with E-state index in [9.17, 15) is 35.1 Å². The standard InChI is InChI=1S/C19H26O12S/c1-27-16(25)8-6-28-17(31-18-15(24)14(23)13(22)10(4-20)30-18)11-7(3-9(21)12(8)11)5-29-19(26)32-2/h3,6,9-15,17-18,20-24H,4-5H2,1-2H3/t9-,10+,11+,12-,13+,14+,15+,17-,18-/m0/s1. The number of rotatable bonds is 6. The van der Waals surface area contributed by atoms with Crippen LogP contribution >= 0.6 is 11.8 Å².